The normalized spacial score (nSPS) is 17.0. The molecule has 1 aromatic carbocycles. The van der Waals surface area contributed by atoms with Crippen LogP contribution in [0, 0.1) is 6.92 Å². The zero-order valence-corrected chi connectivity index (χ0v) is 10.3. The smallest absolute Gasteiger partial charge is 0.271 e. The summed E-state index contributed by atoms with van der Waals surface area (Å²) in [6.07, 6.45) is -0.708. The average Bonchev–Trinajstić information content (AvgIpc) is 2.83. The van der Waals surface area contributed by atoms with E-state index < -0.39 is 6.10 Å². The van der Waals surface area contributed by atoms with Gasteiger partial charge in [0, 0.05) is 6.07 Å². The van der Waals surface area contributed by atoms with Gasteiger partial charge >= 0.3 is 0 Å². The molecular weight excluding hydrogens is 248 g/mol. The molecule has 1 atom stereocenters. The molecular formula is C13H12N2O4. The van der Waals surface area contributed by atoms with Crippen LogP contribution in [0.4, 0.5) is 5.88 Å². The summed E-state index contributed by atoms with van der Waals surface area (Å²) in [5.74, 6) is 1.17. The van der Waals surface area contributed by atoms with Crippen LogP contribution in [0.15, 0.2) is 34.9 Å². The van der Waals surface area contributed by atoms with Crippen LogP contribution in [-0.2, 0) is 4.79 Å². The van der Waals surface area contributed by atoms with Crippen molar-refractivity contribution in [2.24, 2.45) is 0 Å². The van der Waals surface area contributed by atoms with Crippen molar-refractivity contribution >= 4 is 11.8 Å². The third kappa shape index (κ3) is 2.37. The Labute approximate surface area is 109 Å². The first-order valence-corrected chi connectivity index (χ1v) is 5.85. The second-order valence-electron chi connectivity index (χ2n) is 4.19. The lowest BCUT2D eigenvalue weighted by atomic mass is 10.2. The van der Waals surface area contributed by atoms with E-state index in [9.17, 15) is 4.79 Å². The standard InChI is InChI=1S/C13H12N2O4/c1-8-6-12(19-15-8)14-13(16)11-7-17-9-4-2-3-5-10(9)18-11/h2-6,11H,7H2,1H3,(H,14,16)/t11-/m0/s1. The molecule has 3 rings (SSSR count). The number of nitrogens with one attached hydrogen (secondary N) is 1. The highest BCUT2D eigenvalue weighted by molar-refractivity contribution is 5.93. The predicted octanol–water partition coefficient (Wildman–Crippen LogP) is 1.76. The first-order valence-electron chi connectivity index (χ1n) is 5.85. The minimum absolute atomic E-state index is 0.163. The summed E-state index contributed by atoms with van der Waals surface area (Å²) in [6, 6.07) is 8.86. The maximum absolute atomic E-state index is 12.0. The fourth-order valence-corrected chi connectivity index (χ4v) is 1.77. The molecule has 98 valence electrons. The molecule has 1 aliphatic rings. The highest BCUT2D eigenvalue weighted by Crippen LogP contribution is 2.31. The van der Waals surface area contributed by atoms with Gasteiger partial charge in [0.1, 0.15) is 6.61 Å². The fourth-order valence-electron chi connectivity index (χ4n) is 1.77. The fraction of sp³-hybridized carbons (Fsp3) is 0.231. The Kier molecular flexibility index (Phi) is 2.83. The van der Waals surface area contributed by atoms with Gasteiger partial charge in [-0.2, -0.15) is 0 Å². The molecule has 2 heterocycles. The summed E-state index contributed by atoms with van der Waals surface area (Å²) in [5.41, 5.74) is 0.696. The van der Waals surface area contributed by atoms with Crippen LogP contribution in [0.25, 0.3) is 0 Å². The van der Waals surface area contributed by atoms with E-state index in [-0.39, 0.29) is 12.5 Å². The molecule has 6 nitrogen and oxygen atoms in total. The van der Waals surface area contributed by atoms with Crippen molar-refractivity contribution in [3.8, 4) is 11.5 Å². The largest absolute Gasteiger partial charge is 0.485 e. The van der Waals surface area contributed by atoms with Gasteiger partial charge in [-0.1, -0.05) is 17.3 Å². The quantitative estimate of drug-likeness (QED) is 0.890. The van der Waals surface area contributed by atoms with Crippen molar-refractivity contribution < 1.29 is 18.8 Å². The number of fused-ring (bicyclic) bond motifs is 1. The molecule has 19 heavy (non-hydrogen) atoms. The van der Waals surface area contributed by atoms with Crippen LogP contribution in [0.1, 0.15) is 5.69 Å². The number of aryl methyl sites for hydroxylation is 1. The maximum atomic E-state index is 12.0. The lowest BCUT2D eigenvalue weighted by Crippen LogP contribution is -2.40. The van der Waals surface area contributed by atoms with E-state index >= 15 is 0 Å². The summed E-state index contributed by atoms with van der Waals surface area (Å²) in [6.45, 7) is 1.94. The Bertz CT molecular complexity index is 608. The molecule has 1 aliphatic heterocycles. The molecule has 1 aromatic heterocycles. The Morgan fingerprint density at radius 2 is 2.16 bits per heavy atom. The number of benzene rings is 1. The number of hydrogen-bond donors (Lipinski definition) is 1. The molecule has 0 fully saturated rings. The monoisotopic (exact) mass is 260 g/mol. The number of carbonyl (C=O) groups excluding carboxylic acids is 1. The van der Waals surface area contributed by atoms with Crippen molar-refractivity contribution in [1.82, 2.24) is 5.16 Å². The minimum Gasteiger partial charge on any atom is -0.485 e. The number of anilines is 1. The molecule has 1 N–H and O–H groups in total. The zero-order chi connectivity index (χ0) is 13.2. The second kappa shape index (κ2) is 4.64. The van der Waals surface area contributed by atoms with Crippen molar-refractivity contribution in [3.63, 3.8) is 0 Å². The van der Waals surface area contributed by atoms with Gasteiger partial charge in [-0.15, -0.1) is 0 Å². The third-order valence-electron chi connectivity index (χ3n) is 2.68. The van der Waals surface area contributed by atoms with Crippen LogP contribution in [0.2, 0.25) is 0 Å². The lowest BCUT2D eigenvalue weighted by molar-refractivity contribution is -0.125. The van der Waals surface area contributed by atoms with Crippen LogP contribution in [0.5, 0.6) is 11.5 Å². The molecule has 6 heteroatoms. The number of aromatic nitrogens is 1. The van der Waals surface area contributed by atoms with Gasteiger partial charge in [0.15, 0.2) is 11.5 Å². The maximum Gasteiger partial charge on any atom is 0.271 e. The van der Waals surface area contributed by atoms with Gasteiger partial charge < -0.3 is 14.0 Å². The summed E-state index contributed by atoms with van der Waals surface area (Å²) < 4.78 is 16.0. The summed E-state index contributed by atoms with van der Waals surface area (Å²) in [7, 11) is 0. The van der Waals surface area contributed by atoms with Crippen molar-refractivity contribution in [3.05, 3.63) is 36.0 Å². The number of nitrogens with zero attached hydrogens (tertiary/aromatic N) is 1. The molecule has 0 radical (unpaired) electrons. The Balaban J connectivity index is 1.69. The molecule has 0 saturated carbocycles. The van der Waals surface area contributed by atoms with E-state index in [0.29, 0.717) is 23.1 Å². The molecule has 2 aromatic rings. The van der Waals surface area contributed by atoms with Crippen molar-refractivity contribution in [1.29, 1.82) is 0 Å². The predicted molar refractivity (Wildman–Crippen MR) is 66.2 cm³/mol. The first kappa shape index (κ1) is 11.6. The SMILES string of the molecule is Cc1cc(NC(=O)[C@@H]2COc3ccccc3O2)on1. The topological polar surface area (TPSA) is 73.6 Å². The van der Waals surface area contributed by atoms with Gasteiger partial charge in [-0.3, -0.25) is 10.1 Å². The zero-order valence-electron chi connectivity index (χ0n) is 10.3. The van der Waals surface area contributed by atoms with Crippen LogP contribution in [-0.4, -0.2) is 23.8 Å². The van der Waals surface area contributed by atoms with Crippen LogP contribution in [0.3, 0.4) is 0 Å². The van der Waals surface area contributed by atoms with Crippen molar-refractivity contribution in [2.75, 3.05) is 11.9 Å². The van der Waals surface area contributed by atoms with Gasteiger partial charge in [0.2, 0.25) is 12.0 Å². The van der Waals surface area contributed by atoms with E-state index in [4.69, 9.17) is 14.0 Å². The second-order valence-corrected chi connectivity index (χ2v) is 4.19. The summed E-state index contributed by atoms with van der Waals surface area (Å²) >= 11 is 0. The van der Waals surface area contributed by atoms with Crippen molar-refractivity contribution in [2.45, 2.75) is 13.0 Å². The van der Waals surface area contributed by atoms with Gasteiger partial charge in [-0.05, 0) is 19.1 Å². The van der Waals surface area contributed by atoms with Crippen LogP contribution < -0.4 is 14.8 Å². The van der Waals surface area contributed by atoms with Gasteiger partial charge in [0.25, 0.3) is 5.91 Å². The highest BCUT2D eigenvalue weighted by atomic mass is 16.6. The number of amides is 1. The molecule has 0 spiro atoms. The van der Waals surface area contributed by atoms with E-state index in [1.165, 1.54) is 0 Å². The van der Waals surface area contributed by atoms with Gasteiger partial charge in [0.05, 0.1) is 5.69 Å². The highest BCUT2D eigenvalue weighted by Gasteiger charge is 2.27. The summed E-state index contributed by atoms with van der Waals surface area (Å²) in [4.78, 5) is 12.0. The molecule has 0 bridgehead atoms. The molecule has 0 saturated heterocycles. The Morgan fingerprint density at radius 3 is 2.89 bits per heavy atom. The number of carbonyl (C=O) groups is 1. The van der Waals surface area contributed by atoms with E-state index in [1.807, 2.05) is 12.1 Å². The Hall–Kier alpha value is -2.50. The molecule has 0 unspecified atom stereocenters. The van der Waals surface area contributed by atoms with E-state index in [2.05, 4.69) is 10.5 Å². The van der Waals surface area contributed by atoms with E-state index in [1.54, 1.807) is 25.1 Å². The molecule has 1 amide bonds. The number of para-hydroxylation sites is 2. The van der Waals surface area contributed by atoms with E-state index in [0.717, 1.165) is 0 Å². The molecule has 0 aliphatic carbocycles. The first-order chi connectivity index (χ1) is 9.22. The minimum atomic E-state index is -0.708. The average molecular weight is 260 g/mol. The summed E-state index contributed by atoms with van der Waals surface area (Å²) in [5, 5.41) is 6.28. The third-order valence-corrected chi connectivity index (χ3v) is 2.68. The van der Waals surface area contributed by atoms with Gasteiger partial charge in [-0.25, -0.2) is 0 Å². The Morgan fingerprint density at radius 1 is 1.37 bits per heavy atom. The number of ether oxygens (including phenoxy) is 2. The lowest BCUT2D eigenvalue weighted by Gasteiger charge is -2.25. The number of hydrogen-bond acceptors (Lipinski definition) is 5. The number of rotatable bonds is 2. The van der Waals surface area contributed by atoms with Crippen LogP contribution >= 0.6 is 0 Å².